The van der Waals surface area contributed by atoms with Crippen LogP contribution in [0.5, 0.6) is 0 Å². The maximum Gasteiger partial charge on any atom is 0.306 e. The molecule has 2 nitrogen and oxygen atoms in total. The molecule has 16 heavy (non-hydrogen) atoms. The van der Waals surface area contributed by atoms with Crippen LogP contribution < -0.4 is 0 Å². The molecule has 0 heterocycles. The second-order valence-electron chi connectivity index (χ2n) is 4.60. The van der Waals surface area contributed by atoms with Crippen LogP contribution in [0, 0.1) is 11.8 Å². The first-order valence-corrected chi connectivity index (χ1v) is 5.86. The van der Waals surface area contributed by atoms with Crippen LogP contribution in [0.25, 0.3) is 0 Å². The predicted molar refractivity (Wildman–Crippen MR) is 65.3 cm³/mol. The quantitative estimate of drug-likeness (QED) is 0.798. The number of carboxylic acids is 1. The molecule has 0 saturated carbocycles. The summed E-state index contributed by atoms with van der Waals surface area (Å²) in [5.41, 5.74) is 1.33. The Balaban J connectivity index is 2.30. The monoisotopic (exact) mass is 220 g/mol. The van der Waals surface area contributed by atoms with Gasteiger partial charge in [0.25, 0.3) is 0 Å². The lowest BCUT2D eigenvalue weighted by Crippen LogP contribution is -2.13. The Hall–Kier alpha value is -1.31. The molecule has 2 atom stereocenters. The van der Waals surface area contributed by atoms with Gasteiger partial charge in [0.2, 0.25) is 0 Å². The Labute approximate surface area is 97.3 Å². The van der Waals surface area contributed by atoms with Crippen molar-refractivity contribution in [2.45, 2.75) is 33.1 Å². The van der Waals surface area contributed by atoms with Crippen molar-refractivity contribution in [2.75, 3.05) is 0 Å². The number of aliphatic carboxylic acids is 1. The number of rotatable bonds is 6. The van der Waals surface area contributed by atoms with Gasteiger partial charge >= 0.3 is 5.97 Å². The minimum Gasteiger partial charge on any atom is -0.481 e. The van der Waals surface area contributed by atoms with Crippen molar-refractivity contribution in [2.24, 2.45) is 11.8 Å². The largest absolute Gasteiger partial charge is 0.481 e. The number of carboxylic acid groups (broad SMARTS) is 1. The van der Waals surface area contributed by atoms with E-state index < -0.39 is 5.97 Å². The summed E-state index contributed by atoms with van der Waals surface area (Å²) in [4.78, 5) is 10.7. The first-order chi connectivity index (χ1) is 7.59. The number of carbonyl (C=O) groups is 1. The third-order valence-electron chi connectivity index (χ3n) is 2.95. The number of hydrogen-bond donors (Lipinski definition) is 1. The van der Waals surface area contributed by atoms with Gasteiger partial charge in [-0.2, -0.15) is 0 Å². The summed E-state index contributed by atoms with van der Waals surface area (Å²) >= 11 is 0. The lowest BCUT2D eigenvalue weighted by atomic mass is 9.92. The van der Waals surface area contributed by atoms with E-state index in [0.29, 0.717) is 5.92 Å². The number of hydrogen-bond acceptors (Lipinski definition) is 1. The molecular weight excluding hydrogens is 200 g/mol. The van der Waals surface area contributed by atoms with E-state index in [2.05, 4.69) is 19.1 Å². The molecule has 0 amide bonds. The zero-order valence-corrected chi connectivity index (χ0v) is 10.0. The Morgan fingerprint density at radius 3 is 2.44 bits per heavy atom. The van der Waals surface area contributed by atoms with Crippen LogP contribution in [0.15, 0.2) is 30.3 Å². The average molecular weight is 220 g/mol. The van der Waals surface area contributed by atoms with Gasteiger partial charge in [-0.3, -0.25) is 4.79 Å². The van der Waals surface area contributed by atoms with Crippen LogP contribution >= 0.6 is 0 Å². The van der Waals surface area contributed by atoms with E-state index in [1.54, 1.807) is 6.92 Å². The second kappa shape index (κ2) is 6.31. The van der Waals surface area contributed by atoms with Gasteiger partial charge < -0.3 is 5.11 Å². The lowest BCUT2D eigenvalue weighted by Gasteiger charge is -2.13. The summed E-state index contributed by atoms with van der Waals surface area (Å²) in [6.45, 7) is 3.91. The summed E-state index contributed by atoms with van der Waals surface area (Å²) in [6, 6.07) is 10.3. The molecule has 0 aliphatic heterocycles. The smallest absolute Gasteiger partial charge is 0.306 e. The lowest BCUT2D eigenvalue weighted by molar-refractivity contribution is -0.141. The highest BCUT2D eigenvalue weighted by Crippen LogP contribution is 2.17. The van der Waals surface area contributed by atoms with E-state index in [0.717, 1.165) is 19.3 Å². The number of aryl methyl sites for hydroxylation is 1. The van der Waals surface area contributed by atoms with Gasteiger partial charge in [0, 0.05) is 0 Å². The third-order valence-corrected chi connectivity index (χ3v) is 2.95. The van der Waals surface area contributed by atoms with Gasteiger partial charge in [-0.1, -0.05) is 44.2 Å². The molecule has 1 N–H and O–H groups in total. The molecule has 2 heteroatoms. The minimum absolute atomic E-state index is 0.231. The van der Waals surface area contributed by atoms with Gasteiger partial charge in [-0.15, -0.1) is 0 Å². The second-order valence-corrected chi connectivity index (χ2v) is 4.60. The SMILES string of the molecule is CC(CCc1ccccc1)CC(C)C(=O)O. The molecule has 2 unspecified atom stereocenters. The van der Waals surface area contributed by atoms with E-state index in [4.69, 9.17) is 5.11 Å². The molecule has 1 rings (SSSR count). The molecule has 1 aromatic carbocycles. The highest BCUT2D eigenvalue weighted by Gasteiger charge is 2.14. The summed E-state index contributed by atoms with van der Waals surface area (Å²) in [5, 5.41) is 8.82. The van der Waals surface area contributed by atoms with Gasteiger partial charge in [0.1, 0.15) is 0 Å². The van der Waals surface area contributed by atoms with Crippen molar-refractivity contribution in [1.82, 2.24) is 0 Å². The summed E-state index contributed by atoms with van der Waals surface area (Å²) in [6.07, 6.45) is 2.86. The van der Waals surface area contributed by atoms with Crippen LogP contribution in [0.2, 0.25) is 0 Å². The van der Waals surface area contributed by atoms with E-state index >= 15 is 0 Å². The summed E-state index contributed by atoms with van der Waals surface area (Å²) in [7, 11) is 0. The Morgan fingerprint density at radius 2 is 1.88 bits per heavy atom. The van der Waals surface area contributed by atoms with Crippen molar-refractivity contribution in [1.29, 1.82) is 0 Å². The Kier molecular flexibility index (Phi) is 5.03. The van der Waals surface area contributed by atoms with Gasteiger partial charge in [-0.25, -0.2) is 0 Å². The van der Waals surface area contributed by atoms with E-state index in [1.807, 2.05) is 18.2 Å². The third kappa shape index (κ3) is 4.47. The normalized spacial score (nSPS) is 14.4. The van der Waals surface area contributed by atoms with Crippen LogP contribution in [0.4, 0.5) is 0 Å². The van der Waals surface area contributed by atoms with Crippen LogP contribution in [-0.2, 0) is 11.2 Å². The first-order valence-electron chi connectivity index (χ1n) is 5.86. The summed E-state index contributed by atoms with van der Waals surface area (Å²) in [5.74, 6) is -0.455. The number of benzene rings is 1. The highest BCUT2D eigenvalue weighted by atomic mass is 16.4. The molecule has 0 saturated heterocycles. The first kappa shape index (κ1) is 12.8. The van der Waals surface area contributed by atoms with Crippen molar-refractivity contribution in [3.63, 3.8) is 0 Å². The maximum absolute atomic E-state index is 10.7. The highest BCUT2D eigenvalue weighted by molar-refractivity contribution is 5.69. The zero-order valence-electron chi connectivity index (χ0n) is 10.0. The molecule has 0 fully saturated rings. The molecule has 0 spiro atoms. The molecule has 0 aliphatic rings. The molecule has 1 aromatic rings. The van der Waals surface area contributed by atoms with Crippen molar-refractivity contribution in [3.8, 4) is 0 Å². The molecular formula is C14H20O2. The van der Waals surface area contributed by atoms with E-state index in [1.165, 1.54) is 5.56 Å². The Bertz CT molecular complexity index is 319. The van der Waals surface area contributed by atoms with E-state index in [-0.39, 0.29) is 5.92 Å². The van der Waals surface area contributed by atoms with Crippen LogP contribution in [0.3, 0.4) is 0 Å². The fourth-order valence-corrected chi connectivity index (χ4v) is 1.88. The topological polar surface area (TPSA) is 37.3 Å². The molecule has 0 radical (unpaired) electrons. The predicted octanol–water partition coefficient (Wildman–Crippen LogP) is 3.37. The van der Waals surface area contributed by atoms with Crippen LogP contribution in [-0.4, -0.2) is 11.1 Å². The van der Waals surface area contributed by atoms with Crippen molar-refractivity contribution >= 4 is 5.97 Å². The molecule has 0 bridgehead atoms. The average Bonchev–Trinajstić information content (AvgIpc) is 2.27. The standard InChI is InChI=1S/C14H20O2/c1-11(10-12(2)14(15)16)8-9-13-6-4-3-5-7-13/h3-7,11-12H,8-10H2,1-2H3,(H,15,16). The van der Waals surface area contributed by atoms with Crippen LogP contribution in [0.1, 0.15) is 32.3 Å². The van der Waals surface area contributed by atoms with E-state index in [9.17, 15) is 4.79 Å². The zero-order chi connectivity index (χ0) is 12.0. The fraction of sp³-hybridized carbons (Fsp3) is 0.500. The Morgan fingerprint density at radius 1 is 1.25 bits per heavy atom. The molecule has 0 aromatic heterocycles. The van der Waals surface area contributed by atoms with Crippen molar-refractivity contribution in [3.05, 3.63) is 35.9 Å². The maximum atomic E-state index is 10.7. The van der Waals surface area contributed by atoms with Crippen molar-refractivity contribution < 1.29 is 9.90 Å². The van der Waals surface area contributed by atoms with Gasteiger partial charge in [0.05, 0.1) is 5.92 Å². The minimum atomic E-state index is -0.688. The molecule has 88 valence electrons. The molecule has 0 aliphatic carbocycles. The fourth-order valence-electron chi connectivity index (χ4n) is 1.88. The summed E-state index contributed by atoms with van der Waals surface area (Å²) < 4.78 is 0. The van der Waals surface area contributed by atoms with Gasteiger partial charge in [-0.05, 0) is 30.7 Å². The van der Waals surface area contributed by atoms with Gasteiger partial charge in [0.15, 0.2) is 0 Å².